The van der Waals surface area contributed by atoms with Crippen molar-refractivity contribution in [2.75, 3.05) is 30.3 Å². The lowest BCUT2D eigenvalue weighted by Crippen LogP contribution is -2.65. The highest BCUT2D eigenvalue weighted by Gasteiger charge is 2.42. The van der Waals surface area contributed by atoms with Crippen LogP contribution in [0.2, 0.25) is 0 Å². The van der Waals surface area contributed by atoms with Crippen molar-refractivity contribution in [3.63, 3.8) is 0 Å². The van der Waals surface area contributed by atoms with Gasteiger partial charge in [0.05, 0.1) is 36.1 Å². The van der Waals surface area contributed by atoms with Crippen LogP contribution in [0.1, 0.15) is 84.6 Å². The number of benzene rings is 1. The number of aromatic nitrogens is 1. The van der Waals surface area contributed by atoms with Crippen molar-refractivity contribution in [3.8, 4) is 17.0 Å². The summed E-state index contributed by atoms with van der Waals surface area (Å²) in [4.78, 5) is 170. The lowest BCUT2D eigenvalue weighted by molar-refractivity contribution is -0.173. The fraction of sp³-hybridized carbons (Fsp3) is 0.571. The minimum Gasteiger partial charge on any atom is -0.504 e. The molecule has 35 heteroatoms. The van der Waals surface area contributed by atoms with Crippen LogP contribution in [-0.4, -0.2) is 219 Å². The molecule has 22 N–H and O–H groups in total. The zero-order chi connectivity index (χ0) is 63.0. The largest absolute Gasteiger partial charge is 0.504 e. The summed E-state index contributed by atoms with van der Waals surface area (Å²) in [5, 5.41) is 112. The number of carboxylic acid groups (broad SMARTS) is 3. The van der Waals surface area contributed by atoms with Crippen molar-refractivity contribution in [1.29, 1.82) is 0 Å². The van der Waals surface area contributed by atoms with Gasteiger partial charge >= 0.3 is 17.9 Å². The van der Waals surface area contributed by atoms with E-state index in [0.29, 0.717) is 5.06 Å². The second-order valence-corrected chi connectivity index (χ2v) is 20.0. The number of nitrogens with zero attached hydrogens (tertiary/aromatic N) is 2. The molecule has 13 atom stereocenters. The molecule has 0 spiro atoms. The van der Waals surface area contributed by atoms with E-state index in [1.165, 1.54) is 10.6 Å². The van der Waals surface area contributed by atoms with Gasteiger partial charge in [0.15, 0.2) is 11.9 Å². The van der Waals surface area contributed by atoms with Crippen molar-refractivity contribution in [3.05, 3.63) is 28.4 Å². The predicted molar refractivity (Wildman–Crippen MR) is 285 cm³/mol. The van der Waals surface area contributed by atoms with E-state index >= 15 is 0 Å². The lowest BCUT2D eigenvalue weighted by atomic mass is 10.0. The number of nitrogens with two attached hydrogens (primary N) is 2. The number of nitrogens with one attached hydrogen (secondary N) is 9. The number of anilines is 2. The van der Waals surface area contributed by atoms with Crippen LogP contribution in [0.4, 0.5) is 11.5 Å². The SMILES string of the molecule is C[C@@H](O)[C@H](NC(=O)[C@H](CCCCN)NC(=O)[C@H](CC(=O)O)NC(=O)[C@@H]1CCNc2c(NC(=O)CC[C@H](N)C(=O)O)cc3cc(O)c(=O)cc-3n21)C(=O)N[C@@H](C(=O)N[C@H](C(=O)N[C@@H](C(=O)N[C@H]1CCCN(O)C1=O)[C@@H](C)O)[C@@H](C)O)[C@@H](O)C(=O)O. The van der Waals surface area contributed by atoms with Gasteiger partial charge in [0, 0.05) is 31.1 Å². The molecule has 0 aromatic heterocycles. The Bertz CT molecular complexity index is 2830. The van der Waals surface area contributed by atoms with Gasteiger partial charge in [-0.3, -0.25) is 62.7 Å². The monoisotopic (exact) mass is 1190 g/mol. The van der Waals surface area contributed by atoms with E-state index in [0.717, 1.165) is 32.9 Å². The Morgan fingerprint density at radius 2 is 1.25 bits per heavy atom. The summed E-state index contributed by atoms with van der Waals surface area (Å²) in [5.74, 6) is -16.9. The first-order valence-corrected chi connectivity index (χ1v) is 26.3. The van der Waals surface area contributed by atoms with Crippen molar-refractivity contribution in [1.82, 2.24) is 46.8 Å². The number of aliphatic hydroxyl groups excluding tert-OH is 4. The summed E-state index contributed by atoms with van der Waals surface area (Å²) < 4.78 is 1.24. The zero-order valence-electron chi connectivity index (χ0n) is 45.6. The van der Waals surface area contributed by atoms with Gasteiger partial charge in [0.1, 0.15) is 60.2 Å². The van der Waals surface area contributed by atoms with Crippen molar-refractivity contribution in [2.45, 2.75) is 157 Å². The molecule has 0 unspecified atom stereocenters. The molecule has 84 heavy (non-hydrogen) atoms. The molecule has 3 heterocycles. The molecule has 1 saturated heterocycles. The highest BCUT2D eigenvalue weighted by atomic mass is 16.5. The molecular weight excluding hydrogens is 1120 g/mol. The Kier molecular flexibility index (Phi) is 24.7. The summed E-state index contributed by atoms with van der Waals surface area (Å²) >= 11 is 0. The standard InChI is InChI=1S/C49H71N13O22/c1-19(63)34(43(75)55-25-8-6-14-61(84)47(25)79)58-44(76)36(21(3)65)59-46(78)37(38(71)49(82)83)60-45(77)35(20(2)64)57-40(72)24(7-4-5-12-50)54-41(73)27(17-33(69)70)56-42(74)28-11-13-52-39-26(53-32(68)10-9-23(51)48(80)81)15-22-16-30(66)31(67)18-29(22)62(28)39/h15-16,18-21,23-25,27-28,34-38,52,63-66,71,84H,4-14,17,50-51H2,1-3H3,(H,53,68)(H,54,73)(H,55,75)(H,56,74)(H,57,72)(H,58,76)(H,59,78)(H,60,77)(H,69,70)(H,80,81)(H,82,83)/t19-,20-,21-,23+,24+,25+,27+,28+,34-,35+,36+,37-,38-/m1/s1. The number of hydrogen-bond donors (Lipinski definition) is 20. The van der Waals surface area contributed by atoms with Crippen molar-refractivity contribution >= 4 is 82.6 Å². The third-order valence-corrected chi connectivity index (χ3v) is 13.4. The van der Waals surface area contributed by atoms with Gasteiger partial charge in [0.25, 0.3) is 5.91 Å². The molecule has 35 nitrogen and oxygen atoms in total. The maximum Gasteiger partial charge on any atom is 0.335 e. The van der Waals surface area contributed by atoms with Crippen LogP contribution in [0.3, 0.4) is 0 Å². The summed E-state index contributed by atoms with van der Waals surface area (Å²) in [7, 11) is 0. The fourth-order valence-corrected chi connectivity index (χ4v) is 8.87. The molecule has 4 rings (SSSR count). The van der Waals surface area contributed by atoms with Gasteiger partial charge in [-0.15, -0.1) is 0 Å². The highest BCUT2D eigenvalue weighted by Crippen LogP contribution is 2.40. The summed E-state index contributed by atoms with van der Waals surface area (Å²) in [5.41, 5.74) is 10.4. The third-order valence-electron chi connectivity index (χ3n) is 13.4. The van der Waals surface area contributed by atoms with Gasteiger partial charge in [-0.2, -0.15) is 0 Å². The van der Waals surface area contributed by atoms with E-state index in [9.17, 15) is 103 Å². The fourth-order valence-electron chi connectivity index (χ4n) is 8.87. The number of phenolic OH excluding ortho intramolecular Hbond substituents is 1. The van der Waals surface area contributed by atoms with Gasteiger partial charge in [-0.25, -0.2) is 9.86 Å². The van der Waals surface area contributed by atoms with Crippen LogP contribution in [0, 0.1) is 0 Å². The first kappa shape index (κ1) is 67.9. The van der Waals surface area contributed by atoms with Crippen molar-refractivity contribution in [2.24, 2.45) is 11.5 Å². The van der Waals surface area contributed by atoms with E-state index in [-0.39, 0.29) is 93.8 Å². The Labute approximate surface area is 476 Å². The number of piperidine rings is 1. The number of aliphatic carboxylic acids is 3. The molecule has 464 valence electrons. The maximum atomic E-state index is 14.3. The van der Waals surface area contributed by atoms with E-state index in [4.69, 9.17) is 16.6 Å². The van der Waals surface area contributed by atoms with E-state index < -0.39 is 167 Å². The number of hydroxylamine groups is 2. The number of aliphatic hydroxyl groups is 4. The Morgan fingerprint density at radius 1 is 0.690 bits per heavy atom. The molecule has 0 saturated carbocycles. The van der Waals surface area contributed by atoms with E-state index in [1.54, 1.807) is 0 Å². The average molecular weight is 1190 g/mol. The second-order valence-electron chi connectivity index (χ2n) is 20.0. The Balaban J connectivity index is 1.58. The molecule has 1 fully saturated rings. The second kappa shape index (κ2) is 30.6. The van der Waals surface area contributed by atoms with Crippen LogP contribution in [-0.2, 0) is 57.5 Å². The highest BCUT2D eigenvalue weighted by molar-refractivity contribution is 6.01. The maximum absolute atomic E-state index is 14.3. The number of phenols is 1. The molecule has 0 radical (unpaired) electrons. The van der Waals surface area contributed by atoms with Gasteiger partial charge < -0.3 is 105 Å². The molecule has 3 aliphatic heterocycles. The number of amides is 9. The number of carboxylic acids is 3. The normalized spacial score (nSPS) is 18.8. The summed E-state index contributed by atoms with van der Waals surface area (Å²) in [6.45, 7) is 2.95. The smallest absolute Gasteiger partial charge is 0.335 e. The Morgan fingerprint density at radius 3 is 1.81 bits per heavy atom. The van der Waals surface area contributed by atoms with Gasteiger partial charge in [-0.1, -0.05) is 0 Å². The van der Waals surface area contributed by atoms with Gasteiger partial charge in [0.2, 0.25) is 52.7 Å². The number of unbranched alkanes of at least 4 members (excludes halogenated alkanes) is 1. The minimum atomic E-state index is -2.87. The first-order valence-electron chi connectivity index (χ1n) is 26.3. The quantitative estimate of drug-likeness (QED) is 0.0255. The number of pyridine rings is 1. The molecule has 1 aliphatic carbocycles. The molecule has 9 amide bonds. The van der Waals surface area contributed by atoms with Crippen LogP contribution < -0.4 is 64.7 Å². The third kappa shape index (κ3) is 18.2. The number of aromatic hydroxyl groups is 1. The number of rotatable bonds is 30. The van der Waals surface area contributed by atoms with Crippen LogP contribution in [0.15, 0.2) is 23.0 Å². The van der Waals surface area contributed by atoms with Crippen LogP contribution in [0.5, 0.6) is 5.75 Å². The number of fused-ring (bicyclic) bond motifs is 3. The molecular formula is C49H71N13O22. The zero-order valence-corrected chi connectivity index (χ0v) is 45.6. The minimum absolute atomic E-state index is 0.0112. The Hall–Kier alpha value is -8.61. The van der Waals surface area contributed by atoms with Crippen LogP contribution in [0.25, 0.3) is 11.3 Å². The first-order chi connectivity index (χ1) is 39.4. The molecule has 0 aromatic carbocycles. The lowest BCUT2D eigenvalue weighted by Gasteiger charge is -2.34. The molecule has 0 bridgehead atoms. The summed E-state index contributed by atoms with van der Waals surface area (Å²) in [6, 6.07) is -13.3. The molecule has 0 aromatic rings. The number of carbonyl (C=O) groups is 12. The van der Waals surface area contributed by atoms with E-state index in [1.807, 2.05) is 10.6 Å². The van der Waals surface area contributed by atoms with Gasteiger partial charge in [-0.05, 0) is 84.4 Å². The average Bonchev–Trinajstić information content (AvgIpc) is 0.977. The predicted octanol–water partition coefficient (Wildman–Crippen LogP) is -7.26. The number of carbonyl (C=O) groups excluding carboxylic acids is 9. The van der Waals surface area contributed by atoms with Crippen LogP contribution >= 0.6 is 0 Å². The van der Waals surface area contributed by atoms with E-state index in [2.05, 4.69) is 37.2 Å². The summed E-state index contributed by atoms with van der Waals surface area (Å²) in [6.07, 6.45) is -10.0. The van der Waals surface area contributed by atoms with Crippen molar-refractivity contribution < 1.29 is 104 Å². The topological polar surface area (TPSA) is 572 Å². The number of hydrogen-bond acceptors (Lipinski definition) is 22. The molecule has 4 aliphatic rings.